The Hall–Kier alpha value is -1.34. The molecule has 2 aromatic rings. The lowest BCUT2D eigenvalue weighted by Crippen LogP contribution is -2.41. The molecular formula is C15H18N3O2S2-. The van der Waals surface area contributed by atoms with E-state index in [0.717, 1.165) is 28.8 Å². The van der Waals surface area contributed by atoms with Crippen LogP contribution < -0.4 is 10.4 Å². The second kappa shape index (κ2) is 6.83. The fourth-order valence-corrected chi connectivity index (χ4v) is 4.55. The number of carbonyl (C=O) groups excluding carboxylic acids is 1. The largest absolute Gasteiger partial charge is 0.548 e. The molecule has 0 amide bonds. The zero-order valence-corrected chi connectivity index (χ0v) is 14.1. The second-order valence-corrected chi connectivity index (χ2v) is 7.48. The molecule has 0 saturated heterocycles. The van der Waals surface area contributed by atoms with Crippen molar-refractivity contribution in [1.29, 1.82) is 0 Å². The molecule has 22 heavy (non-hydrogen) atoms. The number of carbonyl (C=O) groups is 1. The van der Waals surface area contributed by atoms with Crippen LogP contribution in [0.2, 0.25) is 0 Å². The van der Waals surface area contributed by atoms with E-state index in [1.807, 2.05) is 6.26 Å². The van der Waals surface area contributed by atoms with Gasteiger partial charge in [0.15, 0.2) is 0 Å². The van der Waals surface area contributed by atoms with Crippen molar-refractivity contribution in [2.75, 3.05) is 17.3 Å². The molecule has 0 aliphatic heterocycles. The first-order chi connectivity index (χ1) is 10.7. The molecule has 0 aromatic carbocycles. The van der Waals surface area contributed by atoms with Gasteiger partial charge >= 0.3 is 0 Å². The Morgan fingerprint density at radius 3 is 3.05 bits per heavy atom. The molecule has 0 bridgehead atoms. The summed E-state index contributed by atoms with van der Waals surface area (Å²) in [6.45, 7) is 0. The van der Waals surface area contributed by atoms with Crippen molar-refractivity contribution in [3.8, 4) is 0 Å². The molecule has 1 aliphatic rings. The van der Waals surface area contributed by atoms with E-state index in [-0.39, 0.29) is 0 Å². The number of hydrogen-bond acceptors (Lipinski definition) is 7. The molecule has 1 N–H and O–H groups in total. The molecule has 0 unspecified atom stereocenters. The maximum Gasteiger partial charge on any atom is 0.138 e. The fraction of sp³-hybridized carbons (Fsp3) is 0.533. The molecule has 3 rings (SSSR count). The van der Waals surface area contributed by atoms with E-state index in [1.54, 1.807) is 23.1 Å². The normalized spacial score (nSPS) is 15.5. The maximum absolute atomic E-state index is 11.3. The smallest absolute Gasteiger partial charge is 0.138 e. The number of aliphatic carboxylic acids is 1. The van der Waals surface area contributed by atoms with Gasteiger partial charge in [-0.3, -0.25) is 0 Å². The van der Waals surface area contributed by atoms with Gasteiger partial charge in [-0.05, 0) is 49.7 Å². The SMILES string of the molecule is CSCC[C@@H](Nc1ncnc2sc3c(c12)CCCC3)C(=O)[O-]. The fourth-order valence-electron chi connectivity index (χ4n) is 2.85. The Bertz CT molecular complexity index is 687. The van der Waals surface area contributed by atoms with Crippen LogP contribution in [0.15, 0.2) is 6.33 Å². The van der Waals surface area contributed by atoms with Crippen LogP contribution in [0.4, 0.5) is 5.82 Å². The molecule has 0 saturated carbocycles. The summed E-state index contributed by atoms with van der Waals surface area (Å²) in [5, 5.41) is 15.4. The summed E-state index contributed by atoms with van der Waals surface area (Å²) in [6, 6.07) is -0.718. The standard InChI is InChI=1S/C15H19N3O2S2/c1-21-7-6-10(15(19)20)18-13-12-9-4-2-3-5-11(9)22-14(12)17-8-16-13/h8,10H,2-7H2,1H3,(H,19,20)(H,16,17,18)/p-1/t10-/m1/s1. The van der Waals surface area contributed by atoms with E-state index in [2.05, 4.69) is 15.3 Å². The Balaban J connectivity index is 1.95. The van der Waals surface area contributed by atoms with Gasteiger partial charge in [-0.2, -0.15) is 11.8 Å². The highest BCUT2D eigenvalue weighted by Crippen LogP contribution is 2.38. The summed E-state index contributed by atoms with van der Waals surface area (Å²) in [5.41, 5.74) is 1.30. The Kier molecular flexibility index (Phi) is 4.83. The second-order valence-electron chi connectivity index (χ2n) is 5.41. The number of hydrogen-bond donors (Lipinski definition) is 1. The highest BCUT2D eigenvalue weighted by molar-refractivity contribution is 7.98. The first-order valence-electron chi connectivity index (χ1n) is 7.42. The predicted molar refractivity (Wildman–Crippen MR) is 89.5 cm³/mol. The molecular weight excluding hydrogens is 318 g/mol. The molecule has 2 heterocycles. The number of thiophene rings is 1. The van der Waals surface area contributed by atoms with Crippen LogP contribution in [0.25, 0.3) is 10.2 Å². The quantitative estimate of drug-likeness (QED) is 0.867. The molecule has 2 aromatic heterocycles. The van der Waals surface area contributed by atoms with Crippen molar-refractivity contribution >= 4 is 45.1 Å². The van der Waals surface area contributed by atoms with Gasteiger partial charge in [0.2, 0.25) is 0 Å². The number of aromatic nitrogens is 2. The number of carboxylic acid groups (broad SMARTS) is 1. The van der Waals surface area contributed by atoms with E-state index in [0.29, 0.717) is 12.2 Å². The van der Waals surface area contributed by atoms with Gasteiger partial charge in [-0.15, -0.1) is 11.3 Å². The summed E-state index contributed by atoms with van der Waals surface area (Å²) in [4.78, 5) is 22.3. The van der Waals surface area contributed by atoms with Gasteiger partial charge in [0, 0.05) is 4.88 Å². The van der Waals surface area contributed by atoms with Crippen molar-refractivity contribution in [2.45, 2.75) is 38.1 Å². The number of rotatable bonds is 6. The third-order valence-corrected chi connectivity index (χ3v) is 5.80. The van der Waals surface area contributed by atoms with Crippen molar-refractivity contribution in [3.05, 3.63) is 16.8 Å². The third-order valence-electron chi connectivity index (χ3n) is 3.96. The first-order valence-corrected chi connectivity index (χ1v) is 9.63. The van der Waals surface area contributed by atoms with Crippen molar-refractivity contribution in [1.82, 2.24) is 9.97 Å². The number of anilines is 1. The maximum atomic E-state index is 11.3. The lowest BCUT2D eigenvalue weighted by molar-refractivity contribution is -0.306. The summed E-state index contributed by atoms with van der Waals surface area (Å²) in [7, 11) is 0. The first kappa shape index (κ1) is 15.6. The Morgan fingerprint density at radius 1 is 1.45 bits per heavy atom. The van der Waals surface area contributed by atoms with E-state index < -0.39 is 12.0 Å². The molecule has 1 atom stereocenters. The molecule has 0 fully saturated rings. The van der Waals surface area contributed by atoms with Gasteiger partial charge in [-0.25, -0.2) is 9.97 Å². The highest BCUT2D eigenvalue weighted by atomic mass is 32.2. The minimum Gasteiger partial charge on any atom is -0.548 e. The van der Waals surface area contributed by atoms with Gasteiger partial charge in [0.1, 0.15) is 17.0 Å². The van der Waals surface area contributed by atoms with Crippen LogP contribution in [-0.4, -0.2) is 34.0 Å². The Labute approximate surface area is 137 Å². The van der Waals surface area contributed by atoms with Crippen LogP contribution in [0.5, 0.6) is 0 Å². The predicted octanol–water partition coefficient (Wildman–Crippen LogP) is 1.85. The topological polar surface area (TPSA) is 77.9 Å². The van der Waals surface area contributed by atoms with Gasteiger partial charge in [0.25, 0.3) is 0 Å². The number of fused-ring (bicyclic) bond motifs is 3. The zero-order chi connectivity index (χ0) is 15.5. The number of carboxylic acids is 1. The van der Waals surface area contributed by atoms with E-state index in [1.165, 1.54) is 29.6 Å². The molecule has 118 valence electrons. The number of thioether (sulfide) groups is 1. The van der Waals surface area contributed by atoms with Crippen LogP contribution in [0.1, 0.15) is 29.7 Å². The summed E-state index contributed by atoms with van der Waals surface area (Å²) >= 11 is 3.33. The Morgan fingerprint density at radius 2 is 2.27 bits per heavy atom. The highest BCUT2D eigenvalue weighted by Gasteiger charge is 2.21. The summed E-state index contributed by atoms with van der Waals surface area (Å²) < 4.78 is 0. The monoisotopic (exact) mass is 336 g/mol. The van der Waals surface area contributed by atoms with Crippen molar-refractivity contribution in [3.63, 3.8) is 0 Å². The van der Waals surface area contributed by atoms with Crippen LogP contribution in [0, 0.1) is 0 Å². The minimum absolute atomic E-state index is 0.515. The van der Waals surface area contributed by atoms with Gasteiger partial charge < -0.3 is 15.2 Å². The van der Waals surface area contributed by atoms with Crippen molar-refractivity contribution < 1.29 is 9.90 Å². The molecule has 0 spiro atoms. The number of aryl methyl sites for hydroxylation is 2. The van der Waals surface area contributed by atoms with Crippen LogP contribution in [0.3, 0.4) is 0 Å². The van der Waals surface area contributed by atoms with Crippen LogP contribution in [-0.2, 0) is 17.6 Å². The van der Waals surface area contributed by atoms with E-state index >= 15 is 0 Å². The molecule has 7 heteroatoms. The average molecular weight is 336 g/mol. The van der Waals surface area contributed by atoms with Crippen LogP contribution >= 0.6 is 23.1 Å². The summed E-state index contributed by atoms with van der Waals surface area (Å²) in [5.74, 6) is 0.325. The molecule has 1 aliphatic carbocycles. The number of nitrogens with one attached hydrogen (secondary N) is 1. The van der Waals surface area contributed by atoms with Gasteiger partial charge in [-0.1, -0.05) is 0 Å². The lowest BCUT2D eigenvalue weighted by Gasteiger charge is -2.21. The number of nitrogens with zero attached hydrogens (tertiary/aromatic N) is 2. The minimum atomic E-state index is -1.08. The van der Waals surface area contributed by atoms with Gasteiger partial charge in [0.05, 0.1) is 17.4 Å². The zero-order valence-electron chi connectivity index (χ0n) is 12.4. The van der Waals surface area contributed by atoms with Crippen molar-refractivity contribution in [2.24, 2.45) is 0 Å². The lowest BCUT2D eigenvalue weighted by atomic mass is 9.97. The molecule has 5 nitrogen and oxygen atoms in total. The average Bonchev–Trinajstić information content (AvgIpc) is 2.90. The van der Waals surface area contributed by atoms with E-state index in [9.17, 15) is 9.90 Å². The van der Waals surface area contributed by atoms with E-state index in [4.69, 9.17) is 0 Å². The molecule has 0 radical (unpaired) electrons. The third kappa shape index (κ3) is 3.05. The summed E-state index contributed by atoms with van der Waals surface area (Å²) in [6.07, 6.45) is 8.48.